The van der Waals surface area contributed by atoms with Crippen molar-refractivity contribution < 1.29 is 28.6 Å². The molecule has 0 radical (unpaired) electrons. The van der Waals surface area contributed by atoms with Gasteiger partial charge in [-0.2, -0.15) is 5.10 Å². The second-order valence-corrected chi connectivity index (χ2v) is 7.10. The second kappa shape index (κ2) is 12.1. The molecule has 0 saturated heterocycles. The molecule has 0 spiro atoms. The summed E-state index contributed by atoms with van der Waals surface area (Å²) in [5.41, 5.74) is 3.51. The fourth-order valence-corrected chi connectivity index (χ4v) is 2.63. The lowest BCUT2D eigenvalue weighted by molar-refractivity contribution is -0.142. The van der Waals surface area contributed by atoms with E-state index in [0.29, 0.717) is 22.6 Å². The van der Waals surface area contributed by atoms with Crippen LogP contribution in [-0.2, 0) is 14.3 Å². The second-order valence-electron chi connectivity index (χ2n) is 7.10. The van der Waals surface area contributed by atoms with E-state index < -0.39 is 17.9 Å². The minimum Gasteiger partial charge on any atom is -0.497 e. The van der Waals surface area contributed by atoms with Crippen LogP contribution in [-0.4, -0.2) is 50.9 Å². The Morgan fingerprint density at radius 3 is 2.38 bits per heavy atom. The van der Waals surface area contributed by atoms with Gasteiger partial charge >= 0.3 is 5.97 Å². The van der Waals surface area contributed by atoms with Crippen LogP contribution in [0.2, 0.25) is 0 Å². The van der Waals surface area contributed by atoms with Gasteiger partial charge in [0.15, 0.2) is 6.61 Å². The molecular weight excluding hydrogens is 414 g/mol. The first-order valence-electron chi connectivity index (χ1n) is 9.91. The zero-order chi connectivity index (χ0) is 23.5. The third kappa shape index (κ3) is 7.42. The fourth-order valence-electron chi connectivity index (χ4n) is 2.63. The number of nitrogens with zero attached hydrogens (tertiary/aromatic N) is 1. The Kier molecular flexibility index (Phi) is 9.22. The molecule has 0 aliphatic rings. The van der Waals surface area contributed by atoms with Gasteiger partial charge in [-0.3, -0.25) is 9.59 Å². The first-order chi connectivity index (χ1) is 15.3. The van der Waals surface area contributed by atoms with Crippen molar-refractivity contribution >= 4 is 24.0 Å². The lowest BCUT2D eigenvalue weighted by Gasteiger charge is -2.20. The maximum absolute atomic E-state index is 12.6. The average molecular weight is 441 g/mol. The molecular formula is C23H27N3O6. The Morgan fingerprint density at radius 2 is 1.75 bits per heavy atom. The van der Waals surface area contributed by atoms with E-state index >= 15 is 0 Å². The number of benzene rings is 2. The van der Waals surface area contributed by atoms with E-state index in [2.05, 4.69) is 20.6 Å². The molecule has 1 atom stereocenters. The van der Waals surface area contributed by atoms with Crippen LogP contribution in [0.5, 0.6) is 11.5 Å². The Labute approximate surface area is 186 Å². The summed E-state index contributed by atoms with van der Waals surface area (Å²) in [5.74, 6) is -0.390. The summed E-state index contributed by atoms with van der Waals surface area (Å²) in [6.45, 7) is 3.44. The maximum Gasteiger partial charge on any atom is 0.343 e. The molecule has 1 unspecified atom stereocenters. The smallest absolute Gasteiger partial charge is 0.343 e. The van der Waals surface area contributed by atoms with Crippen molar-refractivity contribution in [2.24, 2.45) is 11.0 Å². The Morgan fingerprint density at radius 1 is 1.03 bits per heavy atom. The normalized spacial score (nSPS) is 11.7. The highest BCUT2D eigenvalue weighted by Crippen LogP contribution is 2.13. The molecule has 170 valence electrons. The van der Waals surface area contributed by atoms with Crippen molar-refractivity contribution in [1.29, 1.82) is 0 Å². The zero-order valence-electron chi connectivity index (χ0n) is 18.5. The van der Waals surface area contributed by atoms with Gasteiger partial charge in [-0.15, -0.1) is 0 Å². The van der Waals surface area contributed by atoms with Crippen molar-refractivity contribution in [1.82, 2.24) is 10.7 Å². The molecule has 0 bridgehead atoms. The number of carbonyl (C=O) groups excluding carboxylic acids is 3. The van der Waals surface area contributed by atoms with Gasteiger partial charge in [0.1, 0.15) is 17.5 Å². The molecule has 2 rings (SSSR count). The highest BCUT2D eigenvalue weighted by molar-refractivity contribution is 5.97. The first kappa shape index (κ1) is 24.4. The molecule has 0 aliphatic carbocycles. The number of methoxy groups -OCH3 is 2. The van der Waals surface area contributed by atoms with Gasteiger partial charge in [0.25, 0.3) is 11.8 Å². The third-order valence-corrected chi connectivity index (χ3v) is 4.42. The summed E-state index contributed by atoms with van der Waals surface area (Å²) >= 11 is 0. The van der Waals surface area contributed by atoms with Gasteiger partial charge in [-0.1, -0.05) is 26.0 Å². The number of hydrogen-bond donors (Lipinski definition) is 2. The van der Waals surface area contributed by atoms with Crippen LogP contribution < -0.4 is 20.2 Å². The molecule has 9 heteroatoms. The quantitative estimate of drug-likeness (QED) is 0.332. The lowest BCUT2D eigenvalue weighted by atomic mass is 10.0. The summed E-state index contributed by atoms with van der Waals surface area (Å²) < 4.78 is 14.9. The third-order valence-electron chi connectivity index (χ3n) is 4.42. The van der Waals surface area contributed by atoms with E-state index in [9.17, 15) is 14.4 Å². The number of carbonyl (C=O) groups is 3. The van der Waals surface area contributed by atoms with E-state index in [4.69, 9.17) is 9.47 Å². The predicted octanol–water partition coefficient (Wildman–Crippen LogP) is 2.15. The molecule has 2 N–H and O–H groups in total. The molecule has 9 nitrogen and oxygen atoms in total. The van der Waals surface area contributed by atoms with Crippen LogP contribution in [0.3, 0.4) is 0 Å². The van der Waals surface area contributed by atoms with E-state index in [1.54, 1.807) is 55.6 Å². The summed E-state index contributed by atoms with van der Waals surface area (Å²) in [5, 5.41) is 6.69. The Balaban J connectivity index is 1.97. The summed E-state index contributed by atoms with van der Waals surface area (Å²) in [4.78, 5) is 36.3. The molecule has 2 aromatic carbocycles. The van der Waals surface area contributed by atoms with Crippen LogP contribution >= 0.6 is 0 Å². The van der Waals surface area contributed by atoms with Gasteiger partial charge in [0.05, 0.1) is 20.4 Å². The molecule has 2 aromatic rings. The highest BCUT2D eigenvalue weighted by atomic mass is 16.6. The van der Waals surface area contributed by atoms with Crippen molar-refractivity contribution in [3.05, 3.63) is 59.7 Å². The van der Waals surface area contributed by atoms with E-state index in [1.165, 1.54) is 13.3 Å². The zero-order valence-corrected chi connectivity index (χ0v) is 18.5. The van der Waals surface area contributed by atoms with Crippen LogP contribution in [0.25, 0.3) is 0 Å². The van der Waals surface area contributed by atoms with E-state index in [1.807, 2.05) is 13.8 Å². The molecule has 0 aromatic heterocycles. The summed E-state index contributed by atoms with van der Waals surface area (Å²) in [6, 6.07) is 12.6. The van der Waals surface area contributed by atoms with Gasteiger partial charge in [0.2, 0.25) is 0 Å². The number of hydrogen-bond acceptors (Lipinski definition) is 7. The molecule has 32 heavy (non-hydrogen) atoms. The largest absolute Gasteiger partial charge is 0.497 e. The molecule has 0 saturated carbocycles. The average Bonchev–Trinajstić information content (AvgIpc) is 2.80. The number of hydrazone groups is 1. The van der Waals surface area contributed by atoms with Gasteiger partial charge in [-0.25, -0.2) is 10.2 Å². The van der Waals surface area contributed by atoms with Crippen molar-refractivity contribution in [3.8, 4) is 11.5 Å². The highest BCUT2D eigenvalue weighted by Gasteiger charge is 2.24. The number of rotatable bonds is 10. The molecule has 0 aliphatic heterocycles. The monoisotopic (exact) mass is 441 g/mol. The number of amides is 2. The molecule has 2 amide bonds. The Bertz CT molecular complexity index is 956. The minimum atomic E-state index is -0.781. The molecule has 0 fully saturated rings. The van der Waals surface area contributed by atoms with Crippen molar-refractivity contribution in [3.63, 3.8) is 0 Å². The number of esters is 1. The van der Waals surface area contributed by atoms with Crippen LogP contribution in [0.1, 0.15) is 29.8 Å². The van der Waals surface area contributed by atoms with E-state index in [-0.39, 0.29) is 18.4 Å². The van der Waals surface area contributed by atoms with Gasteiger partial charge in [0, 0.05) is 5.56 Å². The summed E-state index contributed by atoms with van der Waals surface area (Å²) in [7, 11) is 2.82. The van der Waals surface area contributed by atoms with Crippen LogP contribution in [0.4, 0.5) is 0 Å². The van der Waals surface area contributed by atoms with E-state index in [0.717, 1.165) is 0 Å². The number of nitrogens with one attached hydrogen (secondary N) is 2. The first-order valence-corrected chi connectivity index (χ1v) is 9.91. The van der Waals surface area contributed by atoms with Crippen molar-refractivity contribution in [2.45, 2.75) is 19.9 Å². The standard InChI is InChI=1S/C23H27N3O6/c1-15(2)21(25-22(28)17-8-10-18(30-3)11-9-17)23(29)26-24-13-16-6-5-7-19(12-16)32-14-20(27)31-4/h5-13,15,21H,14H2,1-4H3,(H,25,28)(H,26,29). The topological polar surface area (TPSA) is 115 Å². The maximum atomic E-state index is 12.6. The Hall–Kier alpha value is -3.88. The molecule has 0 heterocycles. The fraction of sp³-hybridized carbons (Fsp3) is 0.304. The van der Waals surface area contributed by atoms with Gasteiger partial charge < -0.3 is 19.5 Å². The minimum absolute atomic E-state index is 0.164. The van der Waals surface area contributed by atoms with Crippen LogP contribution in [0.15, 0.2) is 53.6 Å². The summed E-state index contributed by atoms with van der Waals surface area (Å²) in [6.07, 6.45) is 1.44. The lowest BCUT2D eigenvalue weighted by Crippen LogP contribution is -2.48. The van der Waals surface area contributed by atoms with Crippen molar-refractivity contribution in [2.75, 3.05) is 20.8 Å². The van der Waals surface area contributed by atoms with Crippen LogP contribution in [0, 0.1) is 5.92 Å². The predicted molar refractivity (Wildman–Crippen MR) is 119 cm³/mol. The number of ether oxygens (including phenoxy) is 3. The van der Waals surface area contributed by atoms with Gasteiger partial charge in [-0.05, 0) is 47.9 Å². The SMILES string of the molecule is COC(=O)COc1cccc(C=NNC(=O)C(NC(=O)c2ccc(OC)cc2)C(C)C)c1.